The van der Waals surface area contributed by atoms with Crippen molar-refractivity contribution in [2.75, 3.05) is 30.8 Å². The molecule has 1 aliphatic carbocycles. The lowest BCUT2D eigenvalue weighted by atomic mass is 9.89. The number of nitrogens with one attached hydrogen (secondary N) is 2. The highest BCUT2D eigenvalue weighted by molar-refractivity contribution is 6.05. The van der Waals surface area contributed by atoms with Crippen molar-refractivity contribution < 1.29 is 19.1 Å². The Labute approximate surface area is 187 Å². The Morgan fingerprint density at radius 2 is 1.91 bits per heavy atom. The minimum absolute atomic E-state index is 0.0124. The second kappa shape index (κ2) is 7.97. The van der Waals surface area contributed by atoms with Crippen LogP contribution in [0, 0.1) is 11.3 Å². The normalized spacial score (nSPS) is 22.8. The van der Waals surface area contributed by atoms with E-state index in [0.29, 0.717) is 18.8 Å². The number of nitrogens with zero attached hydrogens (tertiary/aromatic N) is 1. The van der Waals surface area contributed by atoms with Gasteiger partial charge >= 0.3 is 0 Å². The van der Waals surface area contributed by atoms with Gasteiger partial charge < -0.3 is 20.3 Å². The fraction of sp³-hybridized carbons (Fsp3) is 0.400. The number of ether oxygens (including phenoxy) is 1. The first-order valence-electron chi connectivity index (χ1n) is 11.1. The molecule has 1 saturated carbocycles. The molecule has 1 spiro atoms. The quantitative estimate of drug-likeness (QED) is 0.757. The van der Waals surface area contributed by atoms with E-state index in [1.54, 1.807) is 13.2 Å². The van der Waals surface area contributed by atoms with Crippen LogP contribution in [-0.4, -0.2) is 42.8 Å². The molecular formula is C25H27N3O4. The van der Waals surface area contributed by atoms with E-state index in [1.807, 2.05) is 47.4 Å². The largest absolute Gasteiger partial charge is 0.497 e. The lowest BCUT2D eigenvalue weighted by molar-refractivity contribution is -0.135. The molecule has 2 N–H and O–H groups in total. The van der Waals surface area contributed by atoms with Crippen molar-refractivity contribution in [2.45, 2.75) is 31.6 Å². The summed E-state index contributed by atoms with van der Waals surface area (Å²) in [6.45, 7) is 1.26. The van der Waals surface area contributed by atoms with Crippen LogP contribution in [0.3, 0.4) is 0 Å². The van der Waals surface area contributed by atoms with E-state index in [9.17, 15) is 14.4 Å². The van der Waals surface area contributed by atoms with Crippen molar-refractivity contribution >= 4 is 29.1 Å². The summed E-state index contributed by atoms with van der Waals surface area (Å²) in [6.07, 6.45) is 2.68. The monoisotopic (exact) mass is 433 g/mol. The van der Waals surface area contributed by atoms with Gasteiger partial charge in [0.15, 0.2) is 0 Å². The Kier molecular flexibility index (Phi) is 5.12. The fourth-order valence-corrected chi connectivity index (χ4v) is 5.16. The molecule has 7 heteroatoms. The minimum Gasteiger partial charge on any atom is -0.497 e. The zero-order chi connectivity index (χ0) is 22.3. The van der Waals surface area contributed by atoms with Crippen LogP contribution < -0.4 is 15.4 Å². The number of anilines is 2. The van der Waals surface area contributed by atoms with Crippen LogP contribution in [-0.2, 0) is 14.4 Å². The van der Waals surface area contributed by atoms with Crippen molar-refractivity contribution in [3.63, 3.8) is 0 Å². The van der Waals surface area contributed by atoms with Crippen LogP contribution in [0.15, 0.2) is 48.5 Å². The third-order valence-corrected chi connectivity index (χ3v) is 7.25. The Morgan fingerprint density at radius 1 is 1.16 bits per heavy atom. The molecule has 3 amide bonds. The number of methoxy groups -OCH3 is 1. The van der Waals surface area contributed by atoms with Crippen molar-refractivity contribution in [3.05, 3.63) is 54.1 Å². The van der Waals surface area contributed by atoms with Crippen LogP contribution >= 0.6 is 0 Å². The standard InChI is InChI=1S/C25H27N3O4/c1-32-17-7-8-21-18(13-17)19(23(30)27-21)14-22(29)28-11-9-25(10-12-28)15-20(25)24(31)26-16-5-3-2-4-6-16/h2-8,13,19-20H,9-12,14-15H2,1H3,(H,26,31)(H,27,30)/t19-,20-/m1/s1. The lowest BCUT2D eigenvalue weighted by Crippen LogP contribution is -2.41. The third kappa shape index (κ3) is 3.72. The summed E-state index contributed by atoms with van der Waals surface area (Å²) in [5.41, 5.74) is 2.40. The van der Waals surface area contributed by atoms with Gasteiger partial charge in [0.1, 0.15) is 5.75 Å². The smallest absolute Gasteiger partial charge is 0.232 e. The molecule has 0 bridgehead atoms. The fourth-order valence-electron chi connectivity index (χ4n) is 5.16. The Morgan fingerprint density at radius 3 is 2.62 bits per heavy atom. The SMILES string of the molecule is COc1ccc2c(c1)[C@@H](CC(=O)N1CCC3(CC1)C[C@@H]3C(=O)Nc1ccccc1)C(=O)N2. The number of rotatable bonds is 5. The van der Waals surface area contributed by atoms with Gasteiger partial charge in [0.2, 0.25) is 17.7 Å². The first-order valence-corrected chi connectivity index (χ1v) is 11.1. The maximum absolute atomic E-state index is 13.0. The Balaban J connectivity index is 1.17. The van der Waals surface area contributed by atoms with Gasteiger partial charge in [-0.2, -0.15) is 0 Å². The number of carbonyl (C=O) groups is 3. The second-order valence-electron chi connectivity index (χ2n) is 9.05. The Bertz CT molecular complexity index is 1060. The summed E-state index contributed by atoms with van der Waals surface area (Å²) in [4.78, 5) is 40.0. The molecule has 2 fully saturated rings. The number of amides is 3. The van der Waals surface area contributed by atoms with Gasteiger partial charge in [0, 0.05) is 36.8 Å². The topological polar surface area (TPSA) is 87.7 Å². The lowest BCUT2D eigenvalue weighted by Gasteiger charge is -2.33. The van der Waals surface area contributed by atoms with Gasteiger partial charge in [-0.05, 0) is 60.6 Å². The van der Waals surface area contributed by atoms with Gasteiger partial charge in [-0.1, -0.05) is 18.2 Å². The van der Waals surface area contributed by atoms with E-state index >= 15 is 0 Å². The molecule has 2 atom stereocenters. The minimum atomic E-state index is -0.492. The first-order chi connectivity index (χ1) is 15.5. The maximum Gasteiger partial charge on any atom is 0.232 e. The molecule has 2 aliphatic heterocycles. The molecule has 0 aromatic heterocycles. The van der Waals surface area contributed by atoms with E-state index < -0.39 is 5.92 Å². The van der Waals surface area contributed by atoms with Crippen LogP contribution in [0.5, 0.6) is 5.75 Å². The highest BCUT2D eigenvalue weighted by Crippen LogP contribution is 2.59. The number of hydrogen-bond acceptors (Lipinski definition) is 4. The van der Waals surface area contributed by atoms with Crippen LogP contribution in [0.2, 0.25) is 0 Å². The van der Waals surface area contributed by atoms with Crippen LogP contribution in [0.4, 0.5) is 11.4 Å². The van der Waals surface area contributed by atoms with Crippen molar-refractivity contribution in [1.82, 2.24) is 4.90 Å². The van der Waals surface area contributed by atoms with Gasteiger partial charge in [-0.25, -0.2) is 0 Å². The summed E-state index contributed by atoms with van der Waals surface area (Å²) in [5, 5.41) is 5.87. The number of likely N-dealkylation sites (tertiary alicyclic amines) is 1. The zero-order valence-corrected chi connectivity index (χ0v) is 18.1. The highest BCUT2D eigenvalue weighted by Gasteiger charge is 2.58. The summed E-state index contributed by atoms with van der Waals surface area (Å²) < 4.78 is 5.27. The average Bonchev–Trinajstić information content (AvgIpc) is 3.42. The van der Waals surface area contributed by atoms with E-state index in [2.05, 4.69) is 10.6 Å². The number of para-hydroxylation sites is 1. The zero-order valence-electron chi connectivity index (χ0n) is 18.1. The summed E-state index contributed by atoms with van der Waals surface area (Å²) in [5.74, 6) is 0.112. The Hall–Kier alpha value is -3.35. The molecule has 2 aromatic carbocycles. The summed E-state index contributed by atoms with van der Waals surface area (Å²) in [7, 11) is 1.58. The van der Waals surface area contributed by atoms with E-state index in [-0.39, 0.29) is 35.5 Å². The number of hydrogen-bond donors (Lipinski definition) is 2. The predicted molar refractivity (Wildman–Crippen MR) is 120 cm³/mol. The van der Waals surface area contributed by atoms with Gasteiger partial charge in [0.25, 0.3) is 0 Å². The van der Waals surface area contributed by atoms with Crippen molar-refractivity contribution in [1.29, 1.82) is 0 Å². The van der Waals surface area contributed by atoms with E-state index in [1.165, 1.54) is 0 Å². The molecule has 1 saturated heterocycles. The highest BCUT2D eigenvalue weighted by atomic mass is 16.5. The van der Waals surface area contributed by atoms with Crippen LogP contribution in [0.25, 0.3) is 0 Å². The van der Waals surface area contributed by atoms with E-state index in [4.69, 9.17) is 4.74 Å². The second-order valence-corrected chi connectivity index (χ2v) is 9.05. The summed E-state index contributed by atoms with van der Waals surface area (Å²) >= 11 is 0. The molecule has 0 unspecified atom stereocenters. The number of benzene rings is 2. The van der Waals surface area contributed by atoms with Crippen molar-refractivity contribution in [3.8, 4) is 5.75 Å². The average molecular weight is 434 g/mol. The first kappa shape index (κ1) is 20.5. The summed E-state index contributed by atoms with van der Waals surface area (Å²) in [6, 6.07) is 15.0. The molecule has 32 heavy (non-hydrogen) atoms. The molecule has 7 nitrogen and oxygen atoms in total. The number of carbonyl (C=O) groups excluding carboxylic acids is 3. The third-order valence-electron chi connectivity index (χ3n) is 7.25. The van der Waals surface area contributed by atoms with Gasteiger partial charge in [0.05, 0.1) is 13.0 Å². The number of piperidine rings is 1. The predicted octanol–water partition coefficient (Wildman–Crippen LogP) is 3.39. The molecule has 2 heterocycles. The van der Waals surface area contributed by atoms with E-state index in [0.717, 1.165) is 36.2 Å². The van der Waals surface area contributed by atoms with Crippen LogP contribution in [0.1, 0.15) is 37.2 Å². The molecule has 3 aliphatic rings. The molecule has 0 radical (unpaired) electrons. The molecule has 5 rings (SSSR count). The maximum atomic E-state index is 13.0. The molecule has 166 valence electrons. The molecule has 2 aromatic rings. The van der Waals surface area contributed by atoms with Gasteiger partial charge in [-0.3, -0.25) is 14.4 Å². The molecular weight excluding hydrogens is 406 g/mol. The number of fused-ring (bicyclic) bond motifs is 1. The van der Waals surface area contributed by atoms with Crippen molar-refractivity contribution in [2.24, 2.45) is 11.3 Å². The van der Waals surface area contributed by atoms with Gasteiger partial charge in [-0.15, -0.1) is 0 Å².